The zero-order chi connectivity index (χ0) is 17.2. The number of benzene rings is 2. The van der Waals surface area contributed by atoms with Gasteiger partial charge in [-0.05, 0) is 35.0 Å². The molecule has 1 aliphatic rings. The molecule has 2 aromatic carbocycles. The maximum absolute atomic E-state index is 12.2. The first kappa shape index (κ1) is 16.5. The molecule has 1 fully saturated rings. The summed E-state index contributed by atoms with van der Waals surface area (Å²) in [5, 5.41) is 0. The van der Waals surface area contributed by atoms with Gasteiger partial charge < -0.3 is 4.74 Å². The topological polar surface area (TPSA) is 26.3 Å². The molecule has 24 heavy (non-hydrogen) atoms. The smallest absolute Gasteiger partial charge is 0.310 e. The van der Waals surface area contributed by atoms with Gasteiger partial charge in [-0.25, -0.2) is 0 Å². The van der Waals surface area contributed by atoms with Gasteiger partial charge in [0.05, 0.1) is 12.5 Å². The summed E-state index contributed by atoms with van der Waals surface area (Å²) in [5.41, 5.74) is 3.48. The van der Waals surface area contributed by atoms with Crippen LogP contribution in [0, 0.1) is 17.3 Å². The number of ether oxygens (including phenoxy) is 1. The Hall–Kier alpha value is -2.35. The fraction of sp³-hybridized carbons (Fsp3) is 0.318. The van der Waals surface area contributed by atoms with Gasteiger partial charge in [0.15, 0.2) is 0 Å². The molecule has 2 nitrogen and oxygen atoms in total. The molecule has 0 aliphatic heterocycles. The summed E-state index contributed by atoms with van der Waals surface area (Å²) in [6, 6.07) is 20.7. The zero-order valence-corrected chi connectivity index (χ0v) is 14.5. The number of hydrogen-bond donors (Lipinski definition) is 0. The van der Waals surface area contributed by atoms with E-state index >= 15 is 0 Å². The minimum atomic E-state index is -0.0794. The van der Waals surface area contributed by atoms with Crippen LogP contribution in [0.5, 0.6) is 0 Å². The van der Waals surface area contributed by atoms with Crippen LogP contribution in [-0.2, 0) is 9.53 Å². The Morgan fingerprint density at radius 1 is 1.00 bits per heavy atom. The first-order valence-corrected chi connectivity index (χ1v) is 8.55. The van der Waals surface area contributed by atoms with Crippen molar-refractivity contribution in [1.29, 1.82) is 0 Å². The zero-order valence-electron chi connectivity index (χ0n) is 14.5. The van der Waals surface area contributed by atoms with Crippen LogP contribution in [0.4, 0.5) is 0 Å². The summed E-state index contributed by atoms with van der Waals surface area (Å²) in [7, 11) is 0. The largest absolute Gasteiger partial charge is 0.466 e. The summed E-state index contributed by atoms with van der Waals surface area (Å²) in [5.74, 6) is 0.0658. The summed E-state index contributed by atoms with van der Waals surface area (Å²) >= 11 is 0. The van der Waals surface area contributed by atoms with E-state index in [1.165, 1.54) is 16.7 Å². The average molecular weight is 320 g/mol. The molecule has 0 spiro atoms. The summed E-state index contributed by atoms with van der Waals surface area (Å²) in [4.78, 5) is 12.2. The van der Waals surface area contributed by atoms with Crippen LogP contribution in [0.1, 0.15) is 31.9 Å². The van der Waals surface area contributed by atoms with Crippen molar-refractivity contribution in [3.05, 3.63) is 77.9 Å². The van der Waals surface area contributed by atoms with Crippen molar-refractivity contribution in [2.45, 2.75) is 20.8 Å². The highest BCUT2D eigenvalue weighted by Crippen LogP contribution is 2.60. The SMILES string of the molecule is CCOC(=O)C1C(C=C(c2ccccc2)c2ccccc2)C1(C)C. The molecule has 0 bridgehead atoms. The monoisotopic (exact) mass is 320 g/mol. The van der Waals surface area contributed by atoms with Crippen LogP contribution in [0.3, 0.4) is 0 Å². The van der Waals surface area contributed by atoms with E-state index in [9.17, 15) is 4.79 Å². The Kier molecular flexibility index (Phi) is 4.57. The second-order valence-electron chi connectivity index (χ2n) is 6.89. The molecule has 0 saturated heterocycles. The van der Waals surface area contributed by atoms with E-state index in [2.05, 4.69) is 44.2 Å². The normalized spacial score (nSPS) is 21.0. The third-order valence-electron chi connectivity index (χ3n) is 4.97. The Balaban J connectivity index is 1.98. The van der Waals surface area contributed by atoms with Gasteiger partial charge >= 0.3 is 5.97 Å². The highest BCUT2D eigenvalue weighted by Gasteiger charge is 2.61. The third kappa shape index (κ3) is 3.14. The van der Waals surface area contributed by atoms with E-state index in [4.69, 9.17) is 4.74 Å². The standard InChI is InChI=1S/C22H24O2/c1-4-24-21(23)20-19(22(20,2)3)15-18(16-11-7-5-8-12-16)17-13-9-6-10-14-17/h5-15,19-20H,4H2,1-3H3. The first-order valence-electron chi connectivity index (χ1n) is 8.55. The van der Waals surface area contributed by atoms with Crippen molar-refractivity contribution in [1.82, 2.24) is 0 Å². The Morgan fingerprint density at radius 3 is 1.96 bits per heavy atom. The Labute approximate surface area is 144 Å². The van der Waals surface area contributed by atoms with Crippen LogP contribution in [-0.4, -0.2) is 12.6 Å². The van der Waals surface area contributed by atoms with Gasteiger partial charge in [0.2, 0.25) is 0 Å². The van der Waals surface area contributed by atoms with E-state index < -0.39 is 0 Å². The molecule has 2 atom stereocenters. The van der Waals surface area contributed by atoms with Crippen molar-refractivity contribution in [2.75, 3.05) is 6.61 Å². The number of rotatable bonds is 5. The van der Waals surface area contributed by atoms with Crippen molar-refractivity contribution < 1.29 is 9.53 Å². The molecule has 3 rings (SSSR count). The lowest BCUT2D eigenvalue weighted by Gasteiger charge is -2.09. The minimum absolute atomic E-state index is 0.0545. The van der Waals surface area contributed by atoms with Crippen molar-refractivity contribution in [2.24, 2.45) is 17.3 Å². The lowest BCUT2D eigenvalue weighted by Crippen LogP contribution is -2.10. The van der Waals surface area contributed by atoms with Crippen LogP contribution < -0.4 is 0 Å². The van der Waals surface area contributed by atoms with E-state index in [-0.39, 0.29) is 23.2 Å². The minimum Gasteiger partial charge on any atom is -0.466 e. The Morgan fingerprint density at radius 2 is 1.50 bits per heavy atom. The number of hydrogen-bond acceptors (Lipinski definition) is 2. The predicted octanol–water partition coefficient (Wildman–Crippen LogP) is 4.95. The molecule has 1 aliphatic carbocycles. The number of carbonyl (C=O) groups excluding carboxylic acids is 1. The molecule has 2 unspecified atom stereocenters. The molecule has 0 heterocycles. The average Bonchev–Trinajstić information content (AvgIpc) is 3.15. The van der Waals surface area contributed by atoms with Crippen LogP contribution in [0.25, 0.3) is 5.57 Å². The van der Waals surface area contributed by atoms with Gasteiger partial charge in [0.1, 0.15) is 0 Å². The van der Waals surface area contributed by atoms with E-state index in [0.717, 1.165) is 0 Å². The molecule has 0 amide bonds. The second kappa shape index (κ2) is 6.64. The molecular weight excluding hydrogens is 296 g/mol. The van der Waals surface area contributed by atoms with Crippen molar-refractivity contribution in [3.8, 4) is 0 Å². The predicted molar refractivity (Wildman–Crippen MR) is 97.4 cm³/mol. The molecule has 2 heteroatoms. The maximum Gasteiger partial charge on any atom is 0.310 e. The summed E-state index contributed by atoms with van der Waals surface area (Å²) < 4.78 is 5.26. The van der Waals surface area contributed by atoms with Crippen LogP contribution in [0.15, 0.2) is 66.7 Å². The van der Waals surface area contributed by atoms with Crippen LogP contribution >= 0.6 is 0 Å². The summed E-state index contributed by atoms with van der Waals surface area (Å²) in [6.07, 6.45) is 2.26. The fourth-order valence-electron chi connectivity index (χ4n) is 3.45. The van der Waals surface area contributed by atoms with Gasteiger partial charge in [0, 0.05) is 0 Å². The maximum atomic E-state index is 12.2. The lowest BCUT2D eigenvalue weighted by molar-refractivity contribution is -0.145. The van der Waals surface area contributed by atoms with E-state index in [1.807, 2.05) is 43.3 Å². The highest BCUT2D eigenvalue weighted by atomic mass is 16.5. The lowest BCUT2D eigenvalue weighted by atomic mass is 9.95. The fourth-order valence-corrected chi connectivity index (χ4v) is 3.45. The molecule has 124 valence electrons. The van der Waals surface area contributed by atoms with Gasteiger partial charge in [-0.15, -0.1) is 0 Å². The number of carbonyl (C=O) groups is 1. The van der Waals surface area contributed by atoms with Gasteiger partial charge in [-0.2, -0.15) is 0 Å². The molecule has 0 radical (unpaired) electrons. The van der Waals surface area contributed by atoms with Gasteiger partial charge in [-0.3, -0.25) is 4.79 Å². The van der Waals surface area contributed by atoms with Crippen molar-refractivity contribution in [3.63, 3.8) is 0 Å². The summed E-state index contributed by atoms with van der Waals surface area (Å²) in [6.45, 7) is 6.58. The van der Waals surface area contributed by atoms with E-state index in [1.54, 1.807) is 0 Å². The molecular formula is C22H24O2. The quantitative estimate of drug-likeness (QED) is 0.728. The Bertz CT molecular complexity index is 688. The van der Waals surface area contributed by atoms with E-state index in [0.29, 0.717) is 6.61 Å². The second-order valence-corrected chi connectivity index (χ2v) is 6.89. The van der Waals surface area contributed by atoms with Crippen LogP contribution in [0.2, 0.25) is 0 Å². The highest BCUT2D eigenvalue weighted by molar-refractivity contribution is 5.83. The number of esters is 1. The first-order chi connectivity index (χ1) is 11.6. The van der Waals surface area contributed by atoms with Gasteiger partial charge in [0.25, 0.3) is 0 Å². The molecule has 1 saturated carbocycles. The third-order valence-corrected chi connectivity index (χ3v) is 4.97. The number of allylic oxidation sites excluding steroid dienone is 1. The van der Waals surface area contributed by atoms with Crippen molar-refractivity contribution >= 4 is 11.5 Å². The molecule has 0 aromatic heterocycles. The van der Waals surface area contributed by atoms with Gasteiger partial charge in [-0.1, -0.05) is 80.6 Å². The molecule has 0 N–H and O–H groups in total. The molecule has 2 aromatic rings.